The van der Waals surface area contributed by atoms with Gasteiger partial charge in [0.15, 0.2) is 11.9 Å². The summed E-state index contributed by atoms with van der Waals surface area (Å²) in [4.78, 5) is 20.2. The third-order valence-electron chi connectivity index (χ3n) is 7.23. The number of carbonyl (C=O) groups excluding carboxylic acids is 1. The highest BCUT2D eigenvalue weighted by atomic mass is 16.1. The van der Waals surface area contributed by atoms with Gasteiger partial charge in [-0.3, -0.25) is 9.78 Å². The summed E-state index contributed by atoms with van der Waals surface area (Å²) in [5.41, 5.74) is 5.66. The Hall–Kier alpha value is -3.28. The number of carbonyl (C=O) groups is 1. The molecule has 5 rings (SSSR count). The van der Waals surface area contributed by atoms with Crippen molar-refractivity contribution in [3.8, 4) is 0 Å². The molecule has 6 nitrogen and oxygen atoms in total. The molecule has 0 spiro atoms. The number of fused-ring (bicyclic) bond motifs is 1. The van der Waals surface area contributed by atoms with E-state index in [1.807, 2.05) is 18.5 Å². The number of nitrogens with zero attached hydrogens (tertiary/aromatic N) is 4. The molecule has 1 aromatic carbocycles. The topological polar surface area (TPSA) is 70.0 Å². The lowest BCUT2D eigenvalue weighted by atomic mass is 9.59. The van der Waals surface area contributed by atoms with Crippen LogP contribution in [0.1, 0.15) is 52.5 Å². The third kappa shape index (κ3) is 3.39. The predicted molar refractivity (Wildman–Crippen MR) is 130 cm³/mol. The van der Waals surface area contributed by atoms with Crippen molar-refractivity contribution in [3.63, 3.8) is 0 Å². The standard InChI is InChI=1S/C27H31N5O/c1-5-27(18-9-7-10-19(13-18)32(6-2)20-11-8-12-28-16-20)21-17-29-31-25(21)30-22-14-26(3,4)15-23(33)24(22)27/h7-13,16-17,25,30H,5-6,14-15H2,1-4H3. The maximum absolute atomic E-state index is 13.7. The maximum atomic E-state index is 13.7. The van der Waals surface area contributed by atoms with Crippen LogP contribution in [0.25, 0.3) is 0 Å². The van der Waals surface area contributed by atoms with Gasteiger partial charge in [-0.2, -0.15) is 10.2 Å². The lowest BCUT2D eigenvalue weighted by Crippen LogP contribution is -2.51. The molecule has 2 aliphatic heterocycles. The van der Waals surface area contributed by atoms with Crippen LogP contribution in [0.15, 0.2) is 82.1 Å². The van der Waals surface area contributed by atoms with Gasteiger partial charge in [0.05, 0.1) is 23.5 Å². The first-order chi connectivity index (χ1) is 15.9. The molecule has 1 aromatic heterocycles. The van der Waals surface area contributed by atoms with E-state index in [1.54, 1.807) is 6.20 Å². The molecule has 1 N–H and O–H groups in total. The minimum absolute atomic E-state index is 0.0689. The Bertz CT molecular complexity index is 1180. The molecular formula is C27H31N5O. The number of benzene rings is 1. The van der Waals surface area contributed by atoms with Gasteiger partial charge in [-0.25, -0.2) is 0 Å². The van der Waals surface area contributed by atoms with Gasteiger partial charge in [0, 0.05) is 41.7 Å². The van der Waals surface area contributed by atoms with Crippen molar-refractivity contribution < 1.29 is 4.79 Å². The van der Waals surface area contributed by atoms with Crippen LogP contribution in [0.4, 0.5) is 11.4 Å². The zero-order chi connectivity index (χ0) is 23.2. The fourth-order valence-electron chi connectivity index (χ4n) is 5.86. The van der Waals surface area contributed by atoms with E-state index < -0.39 is 5.41 Å². The average molecular weight is 442 g/mol. The Kier molecular flexibility index (Phi) is 5.19. The van der Waals surface area contributed by atoms with Crippen LogP contribution in [0.3, 0.4) is 0 Å². The zero-order valence-corrected chi connectivity index (χ0v) is 19.8. The van der Waals surface area contributed by atoms with E-state index in [2.05, 4.69) is 83.5 Å². The first kappa shape index (κ1) is 21.6. The quantitative estimate of drug-likeness (QED) is 0.636. The monoisotopic (exact) mass is 441 g/mol. The summed E-state index contributed by atoms with van der Waals surface area (Å²) in [6.07, 6.45) is 7.49. The molecule has 3 aliphatic rings. The van der Waals surface area contributed by atoms with E-state index >= 15 is 0 Å². The van der Waals surface area contributed by atoms with E-state index in [4.69, 9.17) is 0 Å². The molecule has 2 unspecified atom stereocenters. The van der Waals surface area contributed by atoms with E-state index in [0.717, 1.165) is 53.2 Å². The fourth-order valence-corrected chi connectivity index (χ4v) is 5.86. The number of anilines is 2. The SMILES string of the molecule is CCN(c1cccnc1)c1cccc(C2(CC)C3=CN=NC3NC3=C2C(=O)CC(C)(C)C3)c1. The van der Waals surface area contributed by atoms with E-state index in [0.29, 0.717) is 6.42 Å². The number of aromatic nitrogens is 1. The minimum atomic E-state index is -0.535. The van der Waals surface area contributed by atoms with Crippen molar-refractivity contribution in [2.45, 2.75) is 58.5 Å². The summed E-state index contributed by atoms with van der Waals surface area (Å²) < 4.78 is 0. The van der Waals surface area contributed by atoms with Crippen molar-refractivity contribution in [2.75, 3.05) is 11.4 Å². The number of nitrogens with one attached hydrogen (secondary N) is 1. The highest BCUT2D eigenvalue weighted by Gasteiger charge is 2.53. The second-order valence-corrected chi connectivity index (χ2v) is 9.92. The van der Waals surface area contributed by atoms with Gasteiger partial charge in [-0.1, -0.05) is 32.9 Å². The second-order valence-electron chi connectivity index (χ2n) is 9.92. The molecule has 0 bridgehead atoms. The van der Waals surface area contributed by atoms with Gasteiger partial charge in [0.2, 0.25) is 0 Å². The van der Waals surface area contributed by atoms with Crippen molar-refractivity contribution in [1.29, 1.82) is 0 Å². The molecule has 0 radical (unpaired) electrons. The summed E-state index contributed by atoms with van der Waals surface area (Å²) in [5, 5.41) is 12.3. The lowest BCUT2D eigenvalue weighted by Gasteiger charge is -2.48. The molecule has 33 heavy (non-hydrogen) atoms. The molecule has 6 heteroatoms. The number of allylic oxidation sites excluding steroid dienone is 2. The van der Waals surface area contributed by atoms with Crippen LogP contribution in [-0.2, 0) is 10.2 Å². The molecule has 0 amide bonds. The van der Waals surface area contributed by atoms with Crippen LogP contribution in [0.2, 0.25) is 0 Å². The summed E-state index contributed by atoms with van der Waals surface area (Å²) in [6.45, 7) is 9.45. The van der Waals surface area contributed by atoms with Crippen molar-refractivity contribution in [3.05, 3.63) is 77.4 Å². The van der Waals surface area contributed by atoms with Gasteiger partial charge >= 0.3 is 0 Å². The number of azo groups is 1. The maximum Gasteiger partial charge on any atom is 0.164 e. The van der Waals surface area contributed by atoms with E-state index in [1.165, 1.54) is 0 Å². The van der Waals surface area contributed by atoms with Gasteiger partial charge in [-0.15, -0.1) is 0 Å². The Morgan fingerprint density at radius 3 is 2.67 bits per heavy atom. The molecule has 2 atom stereocenters. The number of hydrogen-bond donors (Lipinski definition) is 1. The van der Waals surface area contributed by atoms with Crippen LogP contribution in [-0.4, -0.2) is 23.5 Å². The smallest absolute Gasteiger partial charge is 0.164 e. The summed E-state index contributed by atoms with van der Waals surface area (Å²) in [7, 11) is 0. The Morgan fingerprint density at radius 1 is 1.12 bits per heavy atom. The molecule has 1 aliphatic carbocycles. The highest BCUT2D eigenvalue weighted by Crippen LogP contribution is 2.54. The fraction of sp³-hybridized carbons (Fsp3) is 0.407. The normalized spacial score (nSPS) is 25.3. The molecule has 0 saturated heterocycles. The second kappa shape index (κ2) is 7.94. The average Bonchev–Trinajstić information content (AvgIpc) is 3.27. The van der Waals surface area contributed by atoms with E-state index in [-0.39, 0.29) is 17.4 Å². The number of ketones is 1. The van der Waals surface area contributed by atoms with Crippen LogP contribution < -0.4 is 10.2 Å². The van der Waals surface area contributed by atoms with Crippen molar-refractivity contribution in [2.24, 2.45) is 15.6 Å². The largest absolute Gasteiger partial charge is 0.362 e. The van der Waals surface area contributed by atoms with Gasteiger partial charge in [0.1, 0.15) is 0 Å². The minimum Gasteiger partial charge on any atom is -0.362 e. The van der Waals surface area contributed by atoms with Crippen molar-refractivity contribution in [1.82, 2.24) is 10.3 Å². The summed E-state index contributed by atoms with van der Waals surface area (Å²) >= 11 is 0. The molecule has 0 fully saturated rings. The summed E-state index contributed by atoms with van der Waals surface area (Å²) in [5.74, 6) is 0.229. The molecule has 3 heterocycles. The summed E-state index contributed by atoms with van der Waals surface area (Å²) in [6, 6.07) is 12.6. The Morgan fingerprint density at radius 2 is 1.94 bits per heavy atom. The number of pyridine rings is 1. The third-order valence-corrected chi connectivity index (χ3v) is 7.23. The number of hydrogen-bond acceptors (Lipinski definition) is 6. The van der Waals surface area contributed by atoms with Gasteiger partial charge in [-0.05, 0) is 55.0 Å². The molecule has 2 aromatic rings. The Labute approximate surface area is 195 Å². The predicted octanol–water partition coefficient (Wildman–Crippen LogP) is 5.81. The number of Topliss-reactive ketones (excluding diaryl/α,β-unsaturated/α-hetero) is 1. The van der Waals surface area contributed by atoms with Gasteiger partial charge in [0.25, 0.3) is 0 Å². The van der Waals surface area contributed by atoms with Crippen LogP contribution >= 0.6 is 0 Å². The highest BCUT2D eigenvalue weighted by molar-refractivity contribution is 6.01. The number of rotatable bonds is 5. The van der Waals surface area contributed by atoms with E-state index in [9.17, 15) is 4.79 Å². The van der Waals surface area contributed by atoms with Gasteiger partial charge < -0.3 is 10.2 Å². The van der Waals surface area contributed by atoms with Crippen LogP contribution in [0, 0.1) is 5.41 Å². The van der Waals surface area contributed by atoms with Crippen molar-refractivity contribution >= 4 is 17.2 Å². The molecule has 170 valence electrons. The Balaban J connectivity index is 1.69. The van der Waals surface area contributed by atoms with Crippen LogP contribution in [0.5, 0.6) is 0 Å². The molecule has 0 saturated carbocycles. The first-order valence-corrected chi connectivity index (χ1v) is 11.8. The lowest BCUT2D eigenvalue weighted by molar-refractivity contribution is -0.119. The molecular weight excluding hydrogens is 410 g/mol. The first-order valence-electron chi connectivity index (χ1n) is 11.8. The zero-order valence-electron chi connectivity index (χ0n) is 19.8.